The number of rotatable bonds is 4. The Morgan fingerprint density at radius 3 is 2.91 bits per heavy atom. The number of amides is 1. The van der Waals surface area contributed by atoms with Crippen LogP contribution in [0.15, 0.2) is 57.9 Å². The van der Waals surface area contributed by atoms with Crippen LogP contribution < -0.4 is 15.7 Å². The molecule has 1 aromatic carbocycles. The minimum Gasteiger partial charge on any atom is -0.484 e. The smallest absolute Gasteiger partial charge is 0.336 e. The van der Waals surface area contributed by atoms with Crippen molar-refractivity contribution in [1.82, 2.24) is 4.98 Å². The van der Waals surface area contributed by atoms with Gasteiger partial charge < -0.3 is 14.5 Å². The lowest BCUT2D eigenvalue weighted by atomic mass is 10.2. The van der Waals surface area contributed by atoms with Gasteiger partial charge in [0.05, 0.1) is 0 Å². The summed E-state index contributed by atoms with van der Waals surface area (Å²) in [5.41, 5.74) is 0.849. The minimum absolute atomic E-state index is 0.168. The van der Waals surface area contributed by atoms with Gasteiger partial charge in [0, 0.05) is 23.7 Å². The number of pyridine rings is 1. The Balaban J connectivity index is 1.67. The fourth-order valence-corrected chi connectivity index (χ4v) is 2.06. The molecule has 0 fully saturated rings. The number of aryl methyl sites for hydroxylation is 1. The lowest BCUT2D eigenvalue weighted by molar-refractivity contribution is -0.118. The van der Waals surface area contributed by atoms with Gasteiger partial charge in [0.25, 0.3) is 5.91 Å². The number of nitrogens with zero attached hydrogens (tertiary/aromatic N) is 1. The van der Waals surface area contributed by atoms with Crippen molar-refractivity contribution >= 4 is 22.7 Å². The zero-order valence-electron chi connectivity index (χ0n) is 12.4. The van der Waals surface area contributed by atoms with Crippen LogP contribution in [0.5, 0.6) is 5.75 Å². The maximum Gasteiger partial charge on any atom is 0.336 e. The molecule has 1 amide bonds. The van der Waals surface area contributed by atoms with E-state index in [-0.39, 0.29) is 12.5 Å². The quantitative estimate of drug-likeness (QED) is 0.749. The Labute approximate surface area is 131 Å². The molecule has 0 radical (unpaired) electrons. The first kappa shape index (κ1) is 14.8. The zero-order valence-corrected chi connectivity index (χ0v) is 12.4. The molecule has 0 aliphatic carbocycles. The Morgan fingerprint density at radius 1 is 1.26 bits per heavy atom. The fraction of sp³-hybridized carbons (Fsp3) is 0.118. The average Bonchev–Trinajstić information content (AvgIpc) is 2.54. The van der Waals surface area contributed by atoms with Gasteiger partial charge in [0.15, 0.2) is 6.61 Å². The second-order valence-electron chi connectivity index (χ2n) is 4.96. The Morgan fingerprint density at radius 2 is 2.09 bits per heavy atom. The van der Waals surface area contributed by atoms with Crippen molar-refractivity contribution in [2.45, 2.75) is 6.92 Å². The van der Waals surface area contributed by atoms with Crippen molar-refractivity contribution < 1.29 is 13.9 Å². The highest BCUT2D eigenvalue weighted by Crippen LogP contribution is 2.19. The molecule has 1 N–H and O–H groups in total. The number of aromatic nitrogens is 1. The number of hydrogen-bond donors (Lipinski definition) is 1. The molecule has 0 saturated carbocycles. The van der Waals surface area contributed by atoms with E-state index in [2.05, 4.69) is 10.3 Å². The summed E-state index contributed by atoms with van der Waals surface area (Å²) in [6, 6.07) is 11.7. The lowest BCUT2D eigenvalue weighted by Gasteiger charge is -2.08. The van der Waals surface area contributed by atoms with E-state index >= 15 is 0 Å². The van der Waals surface area contributed by atoms with Gasteiger partial charge in [0.1, 0.15) is 17.2 Å². The van der Waals surface area contributed by atoms with Crippen LogP contribution in [0.3, 0.4) is 0 Å². The molecular formula is C17H14N2O4. The molecule has 0 aliphatic rings. The first-order valence-electron chi connectivity index (χ1n) is 7.00. The summed E-state index contributed by atoms with van der Waals surface area (Å²) in [5.74, 6) is 0.631. The van der Waals surface area contributed by atoms with Crippen LogP contribution in [0.1, 0.15) is 5.56 Å². The molecule has 2 heterocycles. The topological polar surface area (TPSA) is 81.4 Å². The largest absolute Gasteiger partial charge is 0.484 e. The first-order chi connectivity index (χ1) is 11.1. The second kappa shape index (κ2) is 6.31. The van der Waals surface area contributed by atoms with Crippen molar-refractivity contribution in [3.8, 4) is 5.75 Å². The Kier molecular flexibility index (Phi) is 4.05. The number of benzene rings is 1. The molecule has 23 heavy (non-hydrogen) atoms. The van der Waals surface area contributed by atoms with Crippen LogP contribution >= 0.6 is 0 Å². The SMILES string of the molecule is Cc1cccnc1NC(=O)COc1ccc2ccc(=O)oc2c1. The van der Waals surface area contributed by atoms with Crippen LogP contribution in [-0.2, 0) is 4.79 Å². The molecular weight excluding hydrogens is 296 g/mol. The molecule has 116 valence electrons. The second-order valence-corrected chi connectivity index (χ2v) is 4.96. The van der Waals surface area contributed by atoms with Crippen LogP contribution in [0.4, 0.5) is 5.82 Å². The van der Waals surface area contributed by atoms with E-state index in [1.165, 1.54) is 6.07 Å². The Hall–Kier alpha value is -3.15. The molecule has 0 atom stereocenters. The standard InChI is InChI=1S/C17H14N2O4/c1-11-3-2-8-18-17(11)19-15(20)10-22-13-6-4-12-5-7-16(21)23-14(12)9-13/h2-9H,10H2,1H3,(H,18,19,20). The van der Waals surface area contributed by atoms with Gasteiger partial charge in [-0.1, -0.05) is 6.07 Å². The number of carbonyl (C=O) groups is 1. The van der Waals surface area contributed by atoms with E-state index in [1.54, 1.807) is 36.5 Å². The van der Waals surface area contributed by atoms with E-state index in [0.717, 1.165) is 10.9 Å². The predicted octanol–water partition coefficient (Wildman–Crippen LogP) is 2.51. The maximum absolute atomic E-state index is 11.9. The predicted molar refractivity (Wildman–Crippen MR) is 85.6 cm³/mol. The number of hydrogen-bond acceptors (Lipinski definition) is 5. The van der Waals surface area contributed by atoms with E-state index in [0.29, 0.717) is 17.2 Å². The van der Waals surface area contributed by atoms with Gasteiger partial charge in [0.2, 0.25) is 0 Å². The molecule has 0 aliphatic heterocycles. The van der Waals surface area contributed by atoms with Crippen LogP contribution in [-0.4, -0.2) is 17.5 Å². The molecule has 6 heteroatoms. The van der Waals surface area contributed by atoms with Crippen molar-refractivity contribution in [3.05, 3.63) is 64.6 Å². The van der Waals surface area contributed by atoms with E-state index < -0.39 is 5.63 Å². The molecule has 0 bridgehead atoms. The van der Waals surface area contributed by atoms with Gasteiger partial charge in [-0.25, -0.2) is 9.78 Å². The summed E-state index contributed by atoms with van der Waals surface area (Å²) in [4.78, 5) is 27.2. The highest BCUT2D eigenvalue weighted by Gasteiger charge is 2.07. The van der Waals surface area contributed by atoms with Crippen molar-refractivity contribution in [3.63, 3.8) is 0 Å². The van der Waals surface area contributed by atoms with Gasteiger partial charge in [-0.15, -0.1) is 0 Å². The zero-order chi connectivity index (χ0) is 16.2. The van der Waals surface area contributed by atoms with Crippen LogP contribution in [0, 0.1) is 6.92 Å². The molecule has 2 aromatic heterocycles. The number of nitrogens with one attached hydrogen (secondary N) is 1. The summed E-state index contributed by atoms with van der Waals surface area (Å²) in [6.07, 6.45) is 1.61. The van der Waals surface area contributed by atoms with Gasteiger partial charge in [-0.05, 0) is 36.8 Å². The lowest BCUT2D eigenvalue weighted by Crippen LogP contribution is -2.21. The summed E-state index contributed by atoms with van der Waals surface area (Å²) >= 11 is 0. The first-order valence-corrected chi connectivity index (χ1v) is 7.00. The van der Waals surface area contributed by atoms with Gasteiger partial charge in [-0.3, -0.25) is 4.79 Å². The fourth-order valence-electron chi connectivity index (χ4n) is 2.06. The number of ether oxygens (including phenoxy) is 1. The summed E-state index contributed by atoms with van der Waals surface area (Å²) in [7, 11) is 0. The third-order valence-electron chi connectivity index (χ3n) is 3.23. The molecule has 6 nitrogen and oxygen atoms in total. The molecule has 3 aromatic rings. The van der Waals surface area contributed by atoms with Gasteiger partial charge in [-0.2, -0.15) is 0 Å². The number of anilines is 1. The monoisotopic (exact) mass is 310 g/mol. The van der Waals surface area contributed by atoms with E-state index in [4.69, 9.17) is 9.15 Å². The van der Waals surface area contributed by atoms with E-state index in [9.17, 15) is 9.59 Å². The normalized spacial score (nSPS) is 10.5. The van der Waals surface area contributed by atoms with E-state index in [1.807, 2.05) is 13.0 Å². The third kappa shape index (κ3) is 3.55. The van der Waals surface area contributed by atoms with Crippen LogP contribution in [0.25, 0.3) is 11.0 Å². The number of carbonyl (C=O) groups excluding carboxylic acids is 1. The highest BCUT2D eigenvalue weighted by atomic mass is 16.5. The van der Waals surface area contributed by atoms with Crippen molar-refractivity contribution in [1.29, 1.82) is 0 Å². The highest BCUT2D eigenvalue weighted by molar-refractivity contribution is 5.91. The molecule has 0 spiro atoms. The van der Waals surface area contributed by atoms with Crippen molar-refractivity contribution in [2.24, 2.45) is 0 Å². The third-order valence-corrected chi connectivity index (χ3v) is 3.23. The molecule has 0 unspecified atom stereocenters. The molecule has 3 rings (SSSR count). The average molecular weight is 310 g/mol. The number of fused-ring (bicyclic) bond motifs is 1. The van der Waals surface area contributed by atoms with Crippen LogP contribution in [0.2, 0.25) is 0 Å². The minimum atomic E-state index is -0.432. The summed E-state index contributed by atoms with van der Waals surface area (Å²) in [5, 5.41) is 3.46. The summed E-state index contributed by atoms with van der Waals surface area (Å²) in [6.45, 7) is 1.69. The molecule has 0 saturated heterocycles. The van der Waals surface area contributed by atoms with Crippen molar-refractivity contribution in [2.75, 3.05) is 11.9 Å². The summed E-state index contributed by atoms with van der Waals surface area (Å²) < 4.78 is 10.5. The Bertz CT molecular complexity index is 918. The maximum atomic E-state index is 11.9. The van der Waals surface area contributed by atoms with Gasteiger partial charge >= 0.3 is 5.63 Å².